The summed E-state index contributed by atoms with van der Waals surface area (Å²) in [6.45, 7) is 6.02. The number of aromatic nitrogens is 2. The molecule has 1 aromatic rings. The lowest BCUT2D eigenvalue weighted by Crippen LogP contribution is -2.38. The average molecular weight is 335 g/mol. The monoisotopic (exact) mass is 335 g/mol. The van der Waals surface area contributed by atoms with Crippen molar-refractivity contribution < 1.29 is 16.8 Å². The molecule has 0 spiro atoms. The Morgan fingerprint density at radius 1 is 1.10 bits per heavy atom. The molecular formula is C12H21N3O4S2. The fourth-order valence-corrected chi connectivity index (χ4v) is 5.40. The second-order valence-corrected chi connectivity index (χ2v) is 9.38. The van der Waals surface area contributed by atoms with E-state index in [1.807, 2.05) is 0 Å². The molecule has 0 radical (unpaired) electrons. The van der Waals surface area contributed by atoms with Crippen molar-refractivity contribution in [1.29, 1.82) is 0 Å². The van der Waals surface area contributed by atoms with Crippen LogP contribution in [0.2, 0.25) is 0 Å². The summed E-state index contributed by atoms with van der Waals surface area (Å²) in [6.07, 6.45) is 2.64. The first-order valence-electron chi connectivity index (χ1n) is 6.82. The summed E-state index contributed by atoms with van der Waals surface area (Å²) in [5, 5.41) is 3.88. The highest BCUT2D eigenvalue weighted by molar-refractivity contribution is 7.90. The van der Waals surface area contributed by atoms with Gasteiger partial charge in [-0.05, 0) is 32.6 Å². The van der Waals surface area contributed by atoms with Crippen molar-refractivity contribution in [2.75, 3.05) is 19.3 Å². The Labute approximate surface area is 126 Å². The van der Waals surface area contributed by atoms with Crippen molar-refractivity contribution in [3.05, 3.63) is 11.4 Å². The number of hydrogen-bond donors (Lipinski definition) is 0. The van der Waals surface area contributed by atoms with Gasteiger partial charge in [0.25, 0.3) is 10.0 Å². The van der Waals surface area contributed by atoms with E-state index in [2.05, 4.69) is 12.0 Å². The summed E-state index contributed by atoms with van der Waals surface area (Å²) < 4.78 is 51.0. The second-order valence-electron chi connectivity index (χ2n) is 5.69. The normalized spacial score (nSPS) is 19.0. The molecule has 1 aromatic heterocycles. The van der Waals surface area contributed by atoms with Crippen LogP contribution >= 0.6 is 0 Å². The number of piperidine rings is 1. The molecule has 1 aliphatic heterocycles. The molecule has 1 aliphatic rings. The highest BCUT2D eigenvalue weighted by atomic mass is 32.2. The van der Waals surface area contributed by atoms with E-state index in [9.17, 15) is 16.8 Å². The lowest BCUT2D eigenvalue weighted by atomic mass is 10.0. The third-order valence-corrected chi connectivity index (χ3v) is 6.98. The molecule has 0 atom stereocenters. The number of sulfonamides is 1. The number of rotatable bonds is 3. The van der Waals surface area contributed by atoms with Gasteiger partial charge in [-0.25, -0.2) is 16.8 Å². The summed E-state index contributed by atoms with van der Waals surface area (Å²) in [5.41, 5.74) is 0.366. The molecule has 2 heterocycles. The predicted octanol–water partition coefficient (Wildman–Crippen LogP) is 0.728. The summed E-state index contributed by atoms with van der Waals surface area (Å²) in [7, 11) is -7.31. The second kappa shape index (κ2) is 5.36. The van der Waals surface area contributed by atoms with E-state index < -0.39 is 20.0 Å². The summed E-state index contributed by atoms with van der Waals surface area (Å²) in [4.78, 5) is 0.0162. The molecule has 2 rings (SSSR count). The van der Waals surface area contributed by atoms with E-state index in [-0.39, 0.29) is 16.3 Å². The van der Waals surface area contributed by atoms with Gasteiger partial charge in [-0.3, -0.25) is 0 Å². The molecule has 0 saturated carbocycles. The van der Waals surface area contributed by atoms with Crippen LogP contribution in [0, 0.1) is 19.8 Å². The zero-order valence-corrected chi connectivity index (χ0v) is 14.3. The van der Waals surface area contributed by atoms with E-state index in [0.717, 1.165) is 23.2 Å². The zero-order valence-electron chi connectivity index (χ0n) is 12.7. The first kappa shape index (κ1) is 16.4. The van der Waals surface area contributed by atoms with E-state index in [1.54, 1.807) is 0 Å². The van der Waals surface area contributed by atoms with Gasteiger partial charge in [0.2, 0.25) is 10.0 Å². The van der Waals surface area contributed by atoms with Crippen molar-refractivity contribution in [2.24, 2.45) is 5.92 Å². The molecule has 0 amide bonds. The van der Waals surface area contributed by atoms with Gasteiger partial charge in [0.15, 0.2) is 0 Å². The van der Waals surface area contributed by atoms with Crippen LogP contribution in [0.3, 0.4) is 0 Å². The van der Waals surface area contributed by atoms with Crippen molar-refractivity contribution in [2.45, 2.75) is 38.5 Å². The minimum atomic E-state index is -3.70. The van der Waals surface area contributed by atoms with Crippen LogP contribution < -0.4 is 0 Å². The van der Waals surface area contributed by atoms with E-state index in [4.69, 9.17) is 0 Å². The molecule has 1 saturated heterocycles. The third-order valence-electron chi connectivity index (χ3n) is 3.84. The highest BCUT2D eigenvalue weighted by Crippen LogP contribution is 2.27. The Balaban J connectivity index is 2.49. The van der Waals surface area contributed by atoms with Crippen LogP contribution in [0.5, 0.6) is 0 Å². The largest absolute Gasteiger partial charge is 0.251 e. The quantitative estimate of drug-likeness (QED) is 0.812. The molecule has 0 unspecified atom stereocenters. The van der Waals surface area contributed by atoms with Crippen LogP contribution in [-0.2, 0) is 20.0 Å². The maximum absolute atomic E-state index is 12.8. The maximum Gasteiger partial charge on any atom is 0.251 e. The molecule has 21 heavy (non-hydrogen) atoms. The van der Waals surface area contributed by atoms with Crippen molar-refractivity contribution in [3.63, 3.8) is 0 Å². The minimum absolute atomic E-state index is 0.0162. The van der Waals surface area contributed by atoms with Crippen LogP contribution in [0.1, 0.15) is 31.2 Å². The van der Waals surface area contributed by atoms with Crippen molar-refractivity contribution in [3.8, 4) is 0 Å². The van der Waals surface area contributed by atoms with Crippen LogP contribution in [0.4, 0.5) is 0 Å². The van der Waals surface area contributed by atoms with E-state index in [0.29, 0.717) is 19.0 Å². The van der Waals surface area contributed by atoms with Gasteiger partial charge in [-0.1, -0.05) is 6.92 Å². The van der Waals surface area contributed by atoms with Gasteiger partial charge in [0.05, 0.1) is 17.6 Å². The lowest BCUT2D eigenvalue weighted by Gasteiger charge is -2.29. The number of nitrogens with zero attached hydrogens (tertiary/aromatic N) is 3. The molecule has 1 fully saturated rings. The highest BCUT2D eigenvalue weighted by Gasteiger charge is 2.34. The zero-order chi connectivity index (χ0) is 16.0. The topological polar surface area (TPSA) is 89.3 Å². The first-order valence-corrected chi connectivity index (χ1v) is 10.1. The molecule has 9 heteroatoms. The standard InChI is InChI=1S/C12H21N3O4S2/c1-9-5-7-14(8-6-9)21(18,19)12-10(2)13-15(11(12)3)20(4,16)17/h9H,5-8H2,1-4H3. The van der Waals surface area contributed by atoms with Crippen LogP contribution in [-0.4, -0.2) is 49.7 Å². The molecule has 7 nitrogen and oxygen atoms in total. The SMILES string of the molecule is Cc1nn(S(C)(=O)=O)c(C)c1S(=O)(=O)N1CCC(C)CC1. The Kier molecular flexibility index (Phi) is 4.20. The fraction of sp³-hybridized carbons (Fsp3) is 0.750. The van der Waals surface area contributed by atoms with Crippen LogP contribution in [0.15, 0.2) is 4.90 Å². The Morgan fingerprint density at radius 2 is 1.62 bits per heavy atom. The van der Waals surface area contributed by atoms with Crippen molar-refractivity contribution >= 4 is 20.0 Å². The Hall–Kier alpha value is -0.930. The lowest BCUT2D eigenvalue weighted by molar-refractivity contribution is 0.288. The number of hydrogen-bond acceptors (Lipinski definition) is 5. The molecular weight excluding hydrogens is 314 g/mol. The molecule has 0 aromatic carbocycles. The predicted molar refractivity (Wildman–Crippen MR) is 79.1 cm³/mol. The average Bonchev–Trinajstić information content (AvgIpc) is 2.65. The van der Waals surface area contributed by atoms with Crippen LogP contribution in [0.25, 0.3) is 0 Å². The van der Waals surface area contributed by atoms with Gasteiger partial charge < -0.3 is 0 Å². The molecule has 120 valence electrons. The Bertz CT molecular complexity index is 742. The third kappa shape index (κ3) is 3.00. The first-order chi connectivity index (χ1) is 9.55. The Morgan fingerprint density at radius 3 is 2.05 bits per heavy atom. The van der Waals surface area contributed by atoms with Crippen molar-refractivity contribution in [1.82, 2.24) is 13.5 Å². The summed E-state index contributed by atoms with van der Waals surface area (Å²) in [5.74, 6) is 0.511. The number of aryl methyl sites for hydroxylation is 1. The van der Waals surface area contributed by atoms with E-state index >= 15 is 0 Å². The molecule has 0 N–H and O–H groups in total. The fourth-order valence-electron chi connectivity index (χ4n) is 2.66. The van der Waals surface area contributed by atoms with Gasteiger partial charge in [-0.15, -0.1) is 0 Å². The molecule has 0 bridgehead atoms. The maximum atomic E-state index is 12.8. The summed E-state index contributed by atoms with van der Waals surface area (Å²) in [6, 6.07) is 0. The molecule has 0 aliphatic carbocycles. The minimum Gasteiger partial charge on any atom is -0.207 e. The van der Waals surface area contributed by atoms with Gasteiger partial charge in [-0.2, -0.15) is 13.5 Å². The van der Waals surface area contributed by atoms with Gasteiger partial charge in [0.1, 0.15) is 4.90 Å². The van der Waals surface area contributed by atoms with Gasteiger partial charge >= 0.3 is 0 Å². The smallest absolute Gasteiger partial charge is 0.207 e. The summed E-state index contributed by atoms with van der Waals surface area (Å²) >= 11 is 0. The van der Waals surface area contributed by atoms with Gasteiger partial charge in [0, 0.05) is 13.1 Å². The van der Waals surface area contributed by atoms with E-state index in [1.165, 1.54) is 18.2 Å².